The fraction of sp³-hybridized carbons (Fsp3) is 0.0952. The van der Waals surface area contributed by atoms with Crippen molar-refractivity contribution >= 4 is 53.4 Å². The third-order valence-corrected chi connectivity index (χ3v) is 7.41. The van der Waals surface area contributed by atoms with Gasteiger partial charge in [0.05, 0.1) is 16.6 Å². The molecule has 1 amide bonds. The van der Waals surface area contributed by atoms with Crippen molar-refractivity contribution < 1.29 is 13.2 Å². The Morgan fingerprint density at radius 2 is 1.81 bits per heavy atom. The van der Waals surface area contributed by atoms with Crippen LogP contribution in [0.2, 0.25) is 0 Å². The van der Waals surface area contributed by atoms with Gasteiger partial charge in [0, 0.05) is 15.4 Å². The second-order valence-electron chi connectivity index (χ2n) is 6.86. The lowest BCUT2D eigenvalue weighted by Gasteiger charge is -2.09. The number of hydrogen-bond acceptors (Lipinski definition) is 6. The predicted molar refractivity (Wildman–Crippen MR) is 124 cm³/mol. The third kappa shape index (κ3) is 4.46. The monoisotopic (exact) mass is 517 g/mol. The van der Waals surface area contributed by atoms with E-state index >= 15 is 0 Å². The van der Waals surface area contributed by atoms with Crippen LogP contribution in [0.5, 0.6) is 0 Å². The lowest BCUT2D eigenvalue weighted by atomic mass is 10.1. The quantitative estimate of drug-likeness (QED) is 0.435. The molecule has 0 fully saturated rings. The van der Waals surface area contributed by atoms with E-state index in [1.54, 1.807) is 12.1 Å². The zero-order valence-corrected chi connectivity index (χ0v) is 19.4. The number of sulfonamides is 1. The molecule has 0 aliphatic carbocycles. The number of benzene rings is 2. The zero-order chi connectivity index (χ0) is 22.2. The van der Waals surface area contributed by atoms with Gasteiger partial charge in [0.15, 0.2) is 0 Å². The van der Waals surface area contributed by atoms with E-state index in [2.05, 4.69) is 20.9 Å². The molecule has 0 unspecified atom stereocenters. The van der Waals surface area contributed by atoms with E-state index in [0.29, 0.717) is 15.8 Å². The predicted octanol–water partition coefficient (Wildman–Crippen LogP) is 3.70. The lowest BCUT2D eigenvalue weighted by Crippen LogP contribution is -2.36. The first-order valence-corrected chi connectivity index (χ1v) is 12.2. The molecule has 1 N–H and O–H groups in total. The topological polar surface area (TPSA) is 98.1 Å². The molecular formula is C21H16BrN3O4S2. The number of halogens is 1. The minimum Gasteiger partial charge on any atom is -0.289 e. The molecule has 2 heterocycles. The Labute approximate surface area is 190 Å². The first kappa shape index (κ1) is 21.4. The van der Waals surface area contributed by atoms with Crippen LogP contribution in [0.4, 0.5) is 0 Å². The number of hydrogen-bond donors (Lipinski definition) is 1. The second kappa shape index (κ2) is 8.37. The van der Waals surface area contributed by atoms with Crippen molar-refractivity contribution in [2.45, 2.75) is 18.4 Å². The SMILES string of the molecule is Cc1ccc(S(=O)(=O)NC(=O)Cn2cnc3scc(-c4ccc(Br)cc4)c3c2=O)cc1. The molecule has 0 aliphatic heterocycles. The number of nitrogens with one attached hydrogen (secondary N) is 1. The number of thiophene rings is 1. The number of aryl methyl sites for hydroxylation is 1. The summed E-state index contributed by atoms with van der Waals surface area (Å²) in [5, 5.41) is 2.23. The molecule has 0 aliphatic rings. The molecular weight excluding hydrogens is 502 g/mol. The molecule has 0 saturated carbocycles. The van der Waals surface area contributed by atoms with Gasteiger partial charge in [-0.15, -0.1) is 11.3 Å². The van der Waals surface area contributed by atoms with E-state index in [1.165, 1.54) is 29.8 Å². The van der Waals surface area contributed by atoms with Gasteiger partial charge < -0.3 is 0 Å². The Morgan fingerprint density at radius 1 is 1.13 bits per heavy atom. The maximum atomic E-state index is 13.1. The van der Waals surface area contributed by atoms with Crippen LogP contribution in [0.25, 0.3) is 21.3 Å². The van der Waals surface area contributed by atoms with Crippen molar-refractivity contribution in [2.24, 2.45) is 0 Å². The Balaban J connectivity index is 1.63. The molecule has 158 valence electrons. The molecule has 4 rings (SSSR count). The van der Waals surface area contributed by atoms with Crippen LogP contribution in [0.3, 0.4) is 0 Å². The van der Waals surface area contributed by atoms with Gasteiger partial charge in [-0.05, 0) is 36.8 Å². The Morgan fingerprint density at radius 3 is 2.48 bits per heavy atom. The van der Waals surface area contributed by atoms with Gasteiger partial charge in [0.1, 0.15) is 11.4 Å². The largest absolute Gasteiger partial charge is 0.289 e. The Bertz CT molecular complexity index is 1440. The first-order valence-electron chi connectivity index (χ1n) is 9.09. The summed E-state index contributed by atoms with van der Waals surface area (Å²) in [6.07, 6.45) is 1.25. The highest BCUT2D eigenvalue weighted by Gasteiger charge is 2.19. The van der Waals surface area contributed by atoms with Crippen LogP contribution in [-0.4, -0.2) is 23.9 Å². The van der Waals surface area contributed by atoms with Gasteiger partial charge >= 0.3 is 0 Å². The summed E-state index contributed by atoms with van der Waals surface area (Å²) >= 11 is 4.72. The highest BCUT2D eigenvalue weighted by Crippen LogP contribution is 2.31. The first-order chi connectivity index (χ1) is 14.7. The normalized spacial score (nSPS) is 11.5. The molecule has 7 nitrogen and oxygen atoms in total. The summed E-state index contributed by atoms with van der Waals surface area (Å²) in [4.78, 5) is 30.2. The summed E-state index contributed by atoms with van der Waals surface area (Å²) in [5.74, 6) is -0.829. The molecule has 0 bridgehead atoms. The van der Waals surface area contributed by atoms with Crippen LogP contribution in [0.15, 0.2) is 74.4 Å². The second-order valence-corrected chi connectivity index (χ2v) is 10.3. The van der Waals surface area contributed by atoms with Crippen molar-refractivity contribution in [1.29, 1.82) is 0 Å². The summed E-state index contributed by atoms with van der Waals surface area (Å²) in [5.41, 5.74) is 2.05. The summed E-state index contributed by atoms with van der Waals surface area (Å²) < 4.78 is 28.9. The molecule has 0 saturated heterocycles. The lowest BCUT2D eigenvalue weighted by molar-refractivity contribution is -0.119. The van der Waals surface area contributed by atoms with Crippen molar-refractivity contribution in [2.75, 3.05) is 0 Å². The maximum absolute atomic E-state index is 13.1. The molecule has 2 aromatic carbocycles. The van der Waals surface area contributed by atoms with Crippen LogP contribution in [0.1, 0.15) is 5.56 Å². The fourth-order valence-electron chi connectivity index (χ4n) is 3.04. The highest BCUT2D eigenvalue weighted by atomic mass is 79.9. The minimum atomic E-state index is -4.03. The molecule has 2 aromatic heterocycles. The molecule has 31 heavy (non-hydrogen) atoms. The summed E-state index contributed by atoms with van der Waals surface area (Å²) in [7, 11) is -4.03. The maximum Gasteiger partial charge on any atom is 0.264 e. The van der Waals surface area contributed by atoms with E-state index in [1.807, 2.05) is 41.3 Å². The molecule has 10 heteroatoms. The van der Waals surface area contributed by atoms with E-state index < -0.39 is 28.0 Å². The van der Waals surface area contributed by atoms with Gasteiger partial charge in [0.25, 0.3) is 21.5 Å². The van der Waals surface area contributed by atoms with E-state index in [0.717, 1.165) is 20.2 Å². The van der Waals surface area contributed by atoms with Gasteiger partial charge in [-0.2, -0.15) is 0 Å². The van der Waals surface area contributed by atoms with Crippen molar-refractivity contribution in [3.05, 3.63) is 80.6 Å². The number of amides is 1. The number of fused-ring (bicyclic) bond motifs is 1. The number of carbonyl (C=O) groups excluding carboxylic acids is 1. The van der Waals surface area contributed by atoms with E-state index in [4.69, 9.17) is 0 Å². The van der Waals surface area contributed by atoms with Crippen molar-refractivity contribution in [3.63, 3.8) is 0 Å². The smallest absolute Gasteiger partial charge is 0.264 e. The average molecular weight is 518 g/mol. The summed E-state index contributed by atoms with van der Waals surface area (Å²) in [6, 6.07) is 13.6. The van der Waals surface area contributed by atoms with Gasteiger partial charge in [0.2, 0.25) is 0 Å². The van der Waals surface area contributed by atoms with Crippen LogP contribution in [0, 0.1) is 6.92 Å². The van der Waals surface area contributed by atoms with Crippen molar-refractivity contribution in [1.82, 2.24) is 14.3 Å². The molecule has 4 aromatic rings. The minimum absolute atomic E-state index is 0.0252. The van der Waals surface area contributed by atoms with Gasteiger partial charge in [-0.3, -0.25) is 14.2 Å². The Hall–Kier alpha value is -2.82. The fourth-order valence-corrected chi connectivity index (χ4v) is 5.18. The standard InChI is InChI=1S/C21H16BrN3O4S2/c1-13-2-8-16(9-3-13)31(28,29)24-18(26)10-25-12-23-20-19(21(25)27)17(11-30-20)14-4-6-15(22)7-5-14/h2-9,11-12H,10H2,1H3,(H,24,26). The van der Waals surface area contributed by atoms with E-state index in [-0.39, 0.29) is 4.90 Å². The highest BCUT2D eigenvalue weighted by molar-refractivity contribution is 9.10. The third-order valence-electron chi connectivity index (χ3n) is 4.61. The van der Waals surface area contributed by atoms with Crippen LogP contribution in [-0.2, 0) is 21.4 Å². The number of carbonyl (C=O) groups is 1. The number of aromatic nitrogens is 2. The van der Waals surface area contributed by atoms with Crippen LogP contribution < -0.4 is 10.3 Å². The van der Waals surface area contributed by atoms with E-state index in [9.17, 15) is 18.0 Å². The number of nitrogens with zero attached hydrogens (tertiary/aromatic N) is 2. The molecule has 0 atom stereocenters. The number of rotatable bonds is 5. The molecule has 0 spiro atoms. The van der Waals surface area contributed by atoms with Gasteiger partial charge in [-0.25, -0.2) is 18.1 Å². The summed E-state index contributed by atoms with van der Waals surface area (Å²) in [6.45, 7) is 1.36. The van der Waals surface area contributed by atoms with Crippen LogP contribution >= 0.6 is 27.3 Å². The van der Waals surface area contributed by atoms with Crippen molar-refractivity contribution in [3.8, 4) is 11.1 Å². The molecule has 0 radical (unpaired) electrons. The zero-order valence-electron chi connectivity index (χ0n) is 16.2. The average Bonchev–Trinajstić information content (AvgIpc) is 3.15. The Kier molecular flexibility index (Phi) is 5.78. The van der Waals surface area contributed by atoms with Gasteiger partial charge in [-0.1, -0.05) is 45.8 Å².